The average Bonchev–Trinajstić information content (AvgIpc) is 2.18. The summed E-state index contributed by atoms with van der Waals surface area (Å²) in [6.45, 7) is 22.4. The van der Waals surface area contributed by atoms with Crippen molar-refractivity contribution in [3.05, 3.63) is 0 Å². The molecule has 0 saturated heterocycles. The fourth-order valence-electron chi connectivity index (χ4n) is 2.00. The Balaban J connectivity index is -0.000000155. The van der Waals surface area contributed by atoms with Crippen LogP contribution in [0.2, 0.25) is 58.9 Å². The summed E-state index contributed by atoms with van der Waals surface area (Å²) in [5, 5.41) is 0. The smallest absolute Gasteiger partial charge is 0.183 e. The van der Waals surface area contributed by atoms with Crippen molar-refractivity contribution >= 4 is 44.5 Å². The molecule has 0 radical (unpaired) electrons. The Morgan fingerprint density at radius 2 is 1.04 bits per heavy atom. The molecule has 0 saturated carbocycles. The molecule has 0 aromatic carbocycles. The van der Waals surface area contributed by atoms with E-state index in [1.165, 1.54) is 12.5 Å². The summed E-state index contributed by atoms with van der Waals surface area (Å²) < 4.78 is 50.9. The molecule has 0 spiro atoms. The van der Waals surface area contributed by atoms with Crippen LogP contribution in [0, 0.1) is 0 Å². The Kier molecular flexibility index (Phi) is 18.5. The zero-order valence-electron chi connectivity index (χ0n) is 19.7. The van der Waals surface area contributed by atoms with Gasteiger partial charge in [-0.05, 0) is 26.1 Å². The van der Waals surface area contributed by atoms with Gasteiger partial charge in [-0.15, -0.1) is 0 Å². The minimum absolute atomic E-state index is 0. The molecule has 0 aromatic rings. The first-order valence-corrected chi connectivity index (χ1v) is 23.8. The molecule has 0 aromatic heterocycles. The van der Waals surface area contributed by atoms with Gasteiger partial charge >= 0.3 is 0 Å². The number of nitrogens with one attached hydrogen (secondary N) is 1. The fourth-order valence-corrected chi connectivity index (χ4v) is 13.0. The number of hydrogen-bond donors (Lipinski definition) is 1. The number of rotatable bonds is 8. The second-order valence-electron chi connectivity index (χ2n) is 9.85. The van der Waals surface area contributed by atoms with E-state index in [0.29, 0.717) is 12.4 Å². The standard InChI is InChI=1S/C6H19NSi2.C6H16O3SSi.C4H10O2S.CH4/c1-8(2,3)7-9(4,5)6;1-10(7,8)6-5-9-11(2,3)4;1-3-4-7(2,5)6;/h7H,1-6H3;5-6H2,1-4H3;3-4H2,1-2H3;1H4. The molecule has 0 fully saturated rings. The van der Waals surface area contributed by atoms with Gasteiger partial charge in [-0.3, -0.25) is 0 Å². The molecular formula is C17H49NO5S2Si3. The van der Waals surface area contributed by atoms with Gasteiger partial charge in [0, 0.05) is 24.9 Å². The Hall–Kier alpha value is 0.471. The monoisotopic (exact) mass is 495 g/mol. The summed E-state index contributed by atoms with van der Waals surface area (Å²) in [6, 6.07) is 0. The van der Waals surface area contributed by atoms with E-state index in [-0.39, 0.29) is 13.2 Å². The van der Waals surface area contributed by atoms with Crippen molar-refractivity contribution in [3.63, 3.8) is 0 Å². The van der Waals surface area contributed by atoms with Crippen LogP contribution in [0.5, 0.6) is 0 Å². The summed E-state index contributed by atoms with van der Waals surface area (Å²) in [7, 11) is -9.01. The van der Waals surface area contributed by atoms with Crippen molar-refractivity contribution < 1.29 is 21.3 Å². The summed E-state index contributed by atoms with van der Waals surface area (Å²) in [4.78, 5) is 0. The van der Waals surface area contributed by atoms with Crippen molar-refractivity contribution in [1.29, 1.82) is 0 Å². The SMILES string of the molecule is C.CCCS(C)(=O)=O.C[Si](C)(C)N[Si](C)(C)C.C[Si](C)(C)OCCS(C)(=O)=O. The minimum Gasteiger partial charge on any atom is -0.417 e. The van der Waals surface area contributed by atoms with E-state index in [4.69, 9.17) is 4.43 Å². The first-order chi connectivity index (χ1) is 11.5. The predicted molar refractivity (Wildman–Crippen MR) is 136 cm³/mol. The molecule has 0 aliphatic heterocycles. The van der Waals surface area contributed by atoms with Gasteiger partial charge in [-0.25, -0.2) is 16.8 Å². The molecule has 0 rings (SSSR count). The lowest BCUT2D eigenvalue weighted by molar-refractivity contribution is 0.335. The lowest BCUT2D eigenvalue weighted by atomic mass is 10.6. The van der Waals surface area contributed by atoms with Crippen LogP contribution in [0.15, 0.2) is 0 Å². The highest BCUT2D eigenvalue weighted by molar-refractivity contribution is 7.90. The van der Waals surface area contributed by atoms with Gasteiger partial charge < -0.3 is 9.07 Å². The summed E-state index contributed by atoms with van der Waals surface area (Å²) in [5.74, 6) is 0.449. The van der Waals surface area contributed by atoms with Crippen LogP contribution < -0.4 is 4.65 Å². The molecule has 6 nitrogen and oxygen atoms in total. The van der Waals surface area contributed by atoms with E-state index < -0.39 is 44.5 Å². The van der Waals surface area contributed by atoms with Gasteiger partial charge in [0.25, 0.3) is 0 Å². The van der Waals surface area contributed by atoms with Crippen LogP contribution in [0.25, 0.3) is 0 Å². The van der Waals surface area contributed by atoms with Crippen molar-refractivity contribution in [2.45, 2.75) is 79.7 Å². The Morgan fingerprint density at radius 3 is 1.14 bits per heavy atom. The van der Waals surface area contributed by atoms with Crippen molar-refractivity contribution in [2.75, 3.05) is 30.6 Å². The molecule has 0 bridgehead atoms. The molecule has 0 amide bonds. The summed E-state index contributed by atoms with van der Waals surface area (Å²) in [5.41, 5.74) is 0. The highest BCUT2D eigenvalue weighted by atomic mass is 32.2. The molecule has 0 heterocycles. The lowest BCUT2D eigenvalue weighted by Gasteiger charge is -2.28. The Bertz CT molecular complexity index is 576. The normalized spacial score (nSPS) is 12.7. The fraction of sp³-hybridized carbons (Fsp3) is 1.00. The van der Waals surface area contributed by atoms with Gasteiger partial charge in [0.1, 0.15) is 36.1 Å². The zero-order chi connectivity index (χ0) is 22.7. The minimum atomic E-state index is -2.85. The van der Waals surface area contributed by atoms with E-state index in [2.05, 4.69) is 43.9 Å². The van der Waals surface area contributed by atoms with Crippen LogP contribution in [0.3, 0.4) is 0 Å². The summed E-state index contributed by atoms with van der Waals surface area (Å²) >= 11 is 0. The van der Waals surface area contributed by atoms with E-state index >= 15 is 0 Å². The largest absolute Gasteiger partial charge is 0.417 e. The molecule has 0 atom stereocenters. The van der Waals surface area contributed by atoms with Crippen LogP contribution in [0.1, 0.15) is 20.8 Å². The van der Waals surface area contributed by atoms with Crippen molar-refractivity contribution in [3.8, 4) is 0 Å². The molecule has 176 valence electrons. The molecule has 28 heavy (non-hydrogen) atoms. The van der Waals surface area contributed by atoms with Gasteiger partial charge in [0.15, 0.2) is 8.32 Å². The van der Waals surface area contributed by atoms with E-state index in [1.54, 1.807) is 0 Å². The quantitative estimate of drug-likeness (QED) is 0.507. The third-order valence-electron chi connectivity index (χ3n) is 2.31. The highest BCUT2D eigenvalue weighted by Gasteiger charge is 2.22. The van der Waals surface area contributed by atoms with E-state index in [9.17, 15) is 16.8 Å². The van der Waals surface area contributed by atoms with Crippen LogP contribution in [-0.4, -0.2) is 72.2 Å². The molecular weight excluding hydrogens is 447 g/mol. The van der Waals surface area contributed by atoms with E-state index in [1.807, 2.05) is 26.6 Å². The van der Waals surface area contributed by atoms with Crippen molar-refractivity contribution in [1.82, 2.24) is 4.65 Å². The number of hydrogen-bond acceptors (Lipinski definition) is 6. The predicted octanol–water partition coefficient (Wildman–Crippen LogP) is 4.21. The van der Waals surface area contributed by atoms with Gasteiger partial charge in [0.05, 0.1) is 5.75 Å². The molecule has 1 N–H and O–H groups in total. The third kappa shape index (κ3) is 50.3. The first-order valence-electron chi connectivity index (χ1n) is 9.26. The maximum absolute atomic E-state index is 10.7. The molecule has 11 heteroatoms. The molecule has 0 unspecified atom stereocenters. The topological polar surface area (TPSA) is 89.5 Å². The zero-order valence-corrected chi connectivity index (χ0v) is 24.3. The molecule has 0 aliphatic carbocycles. The maximum Gasteiger partial charge on any atom is 0.183 e. The van der Waals surface area contributed by atoms with Crippen LogP contribution in [0.4, 0.5) is 0 Å². The second-order valence-corrected chi connectivity index (χ2v) is 28.9. The van der Waals surface area contributed by atoms with Gasteiger partial charge in [-0.2, -0.15) is 0 Å². The van der Waals surface area contributed by atoms with Crippen molar-refractivity contribution in [2.24, 2.45) is 0 Å². The number of sulfone groups is 2. The average molecular weight is 496 g/mol. The Morgan fingerprint density at radius 1 is 0.714 bits per heavy atom. The first kappa shape index (κ1) is 35.9. The van der Waals surface area contributed by atoms with Crippen LogP contribution >= 0.6 is 0 Å². The summed E-state index contributed by atoms with van der Waals surface area (Å²) in [6.07, 6.45) is 3.19. The van der Waals surface area contributed by atoms with Gasteiger partial charge in [-0.1, -0.05) is 53.6 Å². The van der Waals surface area contributed by atoms with E-state index in [0.717, 1.165) is 6.42 Å². The van der Waals surface area contributed by atoms with Crippen LogP contribution in [-0.2, 0) is 24.1 Å². The Labute approximate surface area is 180 Å². The van der Waals surface area contributed by atoms with Gasteiger partial charge in [0.2, 0.25) is 0 Å². The molecule has 0 aliphatic rings. The maximum atomic E-state index is 10.7. The lowest BCUT2D eigenvalue weighted by Crippen LogP contribution is -2.55. The highest BCUT2D eigenvalue weighted by Crippen LogP contribution is 2.03. The third-order valence-corrected chi connectivity index (χ3v) is 11.4. The second kappa shape index (κ2) is 14.5.